The third kappa shape index (κ3) is 1.53. The van der Waals surface area contributed by atoms with E-state index in [1.165, 1.54) is 29.8 Å². The molecule has 1 aliphatic heterocycles. The van der Waals surface area contributed by atoms with Gasteiger partial charge >= 0.3 is 0 Å². The van der Waals surface area contributed by atoms with Crippen LogP contribution in [0.2, 0.25) is 0 Å². The van der Waals surface area contributed by atoms with Crippen LogP contribution in [0.4, 0.5) is 5.82 Å². The van der Waals surface area contributed by atoms with Crippen molar-refractivity contribution in [1.82, 2.24) is 9.78 Å². The fraction of sp³-hybridized carbons (Fsp3) is 0.417. The highest BCUT2D eigenvalue weighted by Crippen LogP contribution is 2.32. The van der Waals surface area contributed by atoms with Crippen LogP contribution in [0.15, 0.2) is 16.8 Å². The molecule has 0 unspecified atom stereocenters. The van der Waals surface area contributed by atoms with Gasteiger partial charge in [-0.1, -0.05) is 0 Å². The summed E-state index contributed by atoms with van der Waals surface area (Å²) in [6.07, 6.45) is 3.64. The van der Waals surface area contributed by atoms with Crippen molar-refractivity contribution >= 4 is 17.2 Å². The number of hydrogen-bond donors (Lipinski definition) is 1. The monoisotopic (exact) mass is 233 g/mol. The van der Waals surface area contributed by atoms with Crippen molar-refractivity contribution in [3.05, 3.63) is 22.4 Å². The number of rotatable bonds is 1. The van der Waals surface area contributed by atoms with E-state index in [-0.39, 0.29) is 0 Å². The lowest BCUT2D eigenvalue weighted by Crippen LogP contribution is -2.04. The molecule has 0 spiro atoms. The first kappa shape index (κ1) is 9.90. The number of fused-ring (bicyclic) bond motifs is 1. The van der Waals surface area contributed by atoms with Crippen LogP contribution in [0.25, 0.3) is 11.3 Å². The summed E-state index contributed by atoms with van der Waals surface area (Å²) in [5.41, 5.74) is 3.80. The zero-order chi connectivity index (χ0) is 11.0. The third-order valence-corrected chi connectivity index (χ3v) is 3.77. The highest BCUT2D eigenvalue weighted by atomic mass is 32.1. The summed E-state index contributed by atoms with van der Waals surface area (Å²) in [5, 5.41) is 12.4. The van der Waals surface area contributed by atoms with Crippen molar-refractivity contribution in [2.75, 3.05) is 11.9 Å². The van der Waals surface area contributed by atoms with E-state index in [1.807, 2.05) is 11.7 Å². The van der Waals surface area contributed by atoms with E-state index in [0.717, 1.165) is 18.7 Å². The number of aryl methyl sites for hydroxylation is 1. The van der Waals surface area contributed by atoms with Crippen LogP contribution in [0.3, 0.4) is 0 Å². The minimum atomic E-state index is 1.07. The first-order chi connectivity index (χ1) is 7.86. The summed E-state index contributed by atoms with van der Waals surface area (Å²) in [6.45, 7) is 1.07. The Bertz CT molecular complexity index is 485. The van der Waals surface area contributed by atoms with Crippen molar-refractivity contribution in [1.29, 1.82) is 0 Å². The number of thiophene rings is 1. The normalized spacial score (nSPS) is 15.3. The van der Waals surface area contributed by atoms with Crippen molar-refractivity contribution < 1.29 is 0 Å². The van der Waals surface area contributed by atoms with Gasteiger partial charge in [-0.15, -0.1) is 0 Å². The maximum Gasteiger partial charge on any atom is 0.127 e. The molecule has 0 aliphatic carbocycles. The number of anilines is 1. The van der Waals surface area contributed by atoms with Crippen molar-refractivity contribution in [2.45, 2.75) is 19.3 Å². The van der Waals surface area contributed by atoms with Gasteiger partial charge in [-0.2, -0.15) is 16.4 Å². The minimum Gasteiger partial charge on any atom is -0.370 e. The SMILES string of the molecule is Cn1nc(-c2ccsc2)c2c1NCCCC2. The highest BCUT2D eigenvalue weighted by Gasteiger charge is 2.18. The fourth-order valence-electron chi connectivity index (χ4n) is 2.29. The molecule has 3 heterocycles. The van der Waals surface area contributed by atoms with Gasteiger partial charge in [0.25, 0.3) is 0 Å². The first-order valence-corrected chi connectivity index (χ1v) is 6.63. The molecule has 3 rings (SSSR count). The van der Waals surface area contributed by atoms with E-state index >= 15 is 0 Å². The molecule has 2 aromatic rings. The molecule has 0 fully saturated rings. The van der Waals surface area contributed by atoms with Crippen LogP contribution in [0.1, 0.15) is 18.4 Å². The second kappa shape index (κ2) is 3.94. The van der Waals surface area contributed by atoms with Crippen LogP contribution in [-0.4, -0.2) is 16.3 Å². The average molecular weight is 233 g/mol. The Balaban J connectivity index is 2.13. The summed E-state index contributed by atoms with van der Waals surface area (Å²) >= 11 is 1.73. The second-order valence-electron chi connectivity index (χ2n) is 4.20. The quantitative estimate of drug-likeness (QED) is 0.820. The summed E-state index contributed by atoms with van der Waals surface area (Å²) in [4.78, 5) is 0. The van der Waals surface area contributed by atoms with Gasteiger partial charge in [0.05, 0.1) is 5.69 Å². The molecule has 0 atom stereocenters. The molecule has 1 aliphatic rings. The highest BCUT2D eigenvalue weighted by molar-refractivity contribution is 7.08. The molecule has 2 aromatic heterocycles. The van der Waals surface area contributed by atoms with E-state index in [1.54, 1.807) is 11.3 Å². The maximum absolute atomic E-state index is 4.64. The van der Waals surface area contributed by atoms with Gasteiger partial charge in [-0.25, -0.2) is 0 Å². The summed E-state index contributed by atoms with van der Waals surface area (Å²) in [5.74, 6) is 1.21. The number of nitrogens with zero attached hydrogens (tertiary/aromatic N) is 2. The molecule has 84 valence electrons. The number of hydrogen-bond acceptors (Lipinski definition) is 3. The van der Waals surface area contributed by atoms with Gasteiger partial charge in [-0.05, 0) is 30.7 Å². The van der Waals surface area contributed by atoms with Gasteiger partial charge in [0.15, 0.2) is 0 Å². The smallest absolute Gasteiger partial charge is 0.127 e. The first-order valence-electron chi connectivity index (χ1n) is 5.68. The molecule has 1 N–H and O–H groups in total. The molecular formula is C12H15N3S. The zero-order valence-corrected chi connectivity index (χ0v) is 10.2. The molecule has 0 bridgehead atoms. The van der Waals surface area contributed by atoms with E-state index in [0.29, 0.717) is 0 Å². The van der Waals surface area contributed by atoms with Crippen LogP contribution in [-0.2, 0) is 13.5 Å². The van der Waals surface area contributed by atoms with Crippen LogP contribution in [0.5, 0.6) is 0 Å². The molecule has 3 nitrogen and oxygen atoms in total. The van der Waals surface area contributed by atoms with Crippen LogP contribution < -0.4 is 5.32 Å². The van der Waals surface area contributed by atoms with Gasteiger partial charge in [0.2, 0.25) is 0 Å². The lowest BCUT2D eigenvalue weighted by atomic mass is 10.1. The Morgan fingerprint density at radius 2 is 2.38 bits per heavy atom. The van der Waals surface area contributed by atoms with Crippen LogP contribution in [0, 0.1) is 0 Å². The lowest BCUT2D eigenvalue weighted by molar-refractivity contribution is 0.757. The van der Waals surface area contributed by atoms with Gasteiger partial charge in [-0.3, -0.25) is 4.68 Å². The Morgan fingerprint density at radius 1 is 1.44 bits per heavy atom. The van der Waals surface area contributed by atoms with Crippen molar-refractivity contribution in [2.24, 2.45) is 7.05 Å². The summed E-state index contributed by atoms with van der Waals surface area (Å²) < 4.78 is 1.98. The molecule has 0 saturated carbocycles. The molecular weight excluding hydrogens is 218 g/mol. The van der Waals surface area contributed by atoms with E-state index in [9.17, 15) is 0 Å². The van der Waals surface area contributed by atoms with Gasteiger partial charge in [0, 0.05) is 30.1 Å². The molecule has 0 saturated heterocycles. The predicted octanol–water partition coefficient (Wildman–Crippen LogP) is 2.90. The number of aromatic nitrogens is 2. The van der Waals surface area contributed by atoms with Gasteiger partial charge in [0.1, 0.15) is 5.82 Å². The summed E-state index contributed by atoms with van der Waals surface area (Å²) in [6, 6.07) is 2.15. The maximum atomic E-state index is 4.64. The van der Waals surface area contributed by atoms with E-state index in [2.05, 4.69) is 27.2 Å². The predicted molar refractivity (Wildman–Crippen MR) is 67.9 cm³/mol. The minimum absolute atomic E-state index is 1.07. The van der Waals surface area contributed by atoms with E-state index in [4.69, 9.17) is 0 Å². The van der Waals surface area contributed by atoms with Crippen LogP contribution >= 0.6 is 11.3 Å². The van der Waals surface area contributed by atoms with Gasteiger partial charge < -0.3 is 5.32 Å². The van der Waals surface area contributed by atoms with Crippen molar-refractivity contribution in [3.63, 3.8) is 0 Å². The Labute approximate surface area is 99.1 Å². The topological polar surface area (TPSA) is 29.9 Å². The number of nitrogens with one attached hydrogen (secondary N) is 1. The third-order valence-electron chi connectivity index (χ3n) is 3.09. The molecule has 16 heavy (non-hydrogen) atoms. The Morgan fingerprint density at radius 3 is 3.19 bits per heavy atom. The summed E-state index contributed by atoms with van der Waals surface area (Å²) in [7, 11) is 2.02. The standard InChI is InChI=1S/C12H15N3S/c1-15-12-10(4-2-3-6-13-12)11(14-15)9-5-7-16-8-9/h5,7-8,13H,2-4,6H2,1H3. The lowest BCUT2D eigenvalue weighted by Gasteiger charge is -2.03. The second-order valence-corrected chi connectivity index (χ2v) is 4.98. The van der Waals surface area contributed by atoms with E-state index < -0.39 is 0 Å². The largest absolute Gasteiger partial charge is 0.370 e. The fourth-order valence-corrected chi connectivity index (χ4v) is 2.93. The Hall–Kier alpha value is -1.29. The zero-order valence-electron chi connectivity index (χ0n) is 9.36. The molecule has 0 aromatic carbocycles. The average Bonchev–Trinajstić information content (AvgIpc) is 2.82. The Kier molecular flexibility index (Phi) is 2.44. The molecule has 0 amide bonds. The molecule has 4 heteroatoms. The molecule has 0 radical (unpaired) electrons. The van der Waals surface area contributed by atoms with Crippen molar-refractivity contribution in [3.8, 4) is 11.3 Å².